The number of hydrogen-bond donors (Lipinski definition) is 0. The molecule has 30 heavy (non-hydrogen) atoms. The van der Waals surface area contributed by atoms with E-state index >= 15 is 0 Å². The highest BCUT2D eigenvalue weighted by molar-refractivity contribution is 9.10. The van der Waals surface area contributed by atoms with E-state index < -0.39 is 29.6 Å². The van der Waals surface area contributed by atoms with Crippen molar-refractivity contribution in [3.05, 3.63) is 27.1 Å². The fourth-order valence-corrected chi connectivity index (χ4v) is 3.60. The number of imide groups is 1. The van der Waals surface area contributed by atoms with Crippen LogP contribution in [0.4, 0.5) is 4.79 Å². The first-order valence-corrected chi connectivity index (χ1v) is 10.3. The Hall–Kier alpha value is -2.53. The molecular formula is C19H20BrNO8S. The lowest BCUT2D eigenvalue weighted by Gasteiger charge is -2.13. The van der Waals surface area contributed by atoms with Gasteiger partial charge in [0.25, 0.3) is 11.1 Å². The number of amides is 2. The Bertz CT molecular complexity index is 899. The van der Waals surface area contributed by atoms with Crippen LogP contribution in [0.15, 0.2) is 21.5 Å². The summed E-state index contributed by atoms with van der Waals surface area (Å²) in [5.41, 5.74) is 0.535. The quantitative estimate of drug-likeness (QED) is 0.392. The number of halogens is 1. The van der Waals surface area contributed by atoms with Crippen molar-refractivity contribution in [3.8, 4) is 11.5 Å². The minimum atomic E-state index is -0.663. The van der Waals surface area contributed by atoms with Crippen LogP contribution >= 0.6 is 27.7 Å². The van der Waals surface area contributed by atoms with Crippen LogP contribution in [0.5, 0.6) is 11.5 Å². The number of methoxy groups -OCH3 is 2. The van der Waals surface area contributed by atoms with Gasteiger partial charge in [-0.15, -0.1) is 0 Å². The Morgan fingerprint density at radius 3 is 2.47 bits per heavy atom. The molecule has 0 saturated carbocycles. The van der Waals surface area contributed by atoms with E-state index in [0.717, 1.165) is 16.7 Å². The molecule has 9 nitrogen and oxygen atoms in total. The van der Waals surface area contributed by atoms with E-state index in [2.05, 4.69) is 20.7 Å². The second-order valence-corrected chi connectivity index (χ2v) is 8.04. The van der Waals surface area contributed by atoms with Crippen LogP contribution in [0.1, 0.15) is 19.4 Å². The van der Waals surface area contributed by atoms with Gasteiger partial charge in [-0.1, -0.05) is 15.9 Å². The Kier molecular flexibility index (Phi) is 8.30. The molecule has 0 atom stereocenters. The normalized spacial score (nSPS) is 15.0. The van der Waals surface area contributed by atoms with Gasteiger partial charge in [-0.05, 0) is 49.4 Å². The molecule has 2 amide bonds. The van der Waals surface area contributed by atoms with Crippen molar-refractivity contribution in [2.75, 3.05) is 27.4 Å². The Morgan fingerprint density at radius 2 is 1.87 bits per heavy atom. The van der Waals surface area contributed by atoms with Crippen LogP contribution in [-0.2, 0) is 23.9 Å². The first-order chi connectivity index (χ1) is 14.2. The summed E-state index contributed by atoms with van der Waals surface area (Å²) in [6.07, 6.45) is 1.14. The Morgan fingerprint density at radius 1 is 1.17 bits per heavy atom. The first-order valence-electron chi connectivity index (χ1n) is 8.68. The third kappa shape index (κ3) is 5.99. The summed E-state index contributed by atoms with van der Waals surface area (Å²) < 4.78 is 20.7. The monoisotopic (exact) mass is 501 g/mol. The van der Waals surface area contributed by atoms with Crippen molar-refractivity contribution >= 4 is 56.9 Å². The van der Waals surface area contributed by atoms with E-state index in [1.165, 1.54) is 20.3 Å². The molecule has 162 valence electrons. The molecule has 1 aromatic rings. The zero-order chi connectivity index (χ0) is 22.4. The number of ether oxygens (including phenoxy) is 4. The van der Waals surface area contributed by atoms with Gasteiger partial charge in [0, 0.05) is 4.47 Å². The summed E-state index contributed by atoms with van der Waals surface area (Å²) in [6, 6.07) is 3.15. The number of benzene rings is 1. The third-order valence-electron chi connectivity index (χ3n) is 3.67. The van der Waals surface area contributed by atoms with Crippen molar-refractivity contribution in [1.29, 1.82) is 0 Å². The van der Waals surface area contributed by atoms with E-state index in [0.29, 0.717) is 15.8 Å². The minimum absolute atomic E-state index is 0.142. The van der Waals surface area contributed by atoms with Gasteiger partial charge in [0.2, 0.25) is 0 Å². The topological polar surface area (TPSA) is 108 Å². The number of esters is 2. The molecule has 0 aliphatic carbocycles. The van der Waals surface area contributed by atoms with Gasteiger partial charge < -0.3 is 18.9 Å². The van der Waals surface area contributed by atoms with Crippen molar-refractivity contribution in [1.82, 2.24) is 4.90 Å². The van der Waals surface area contributed by atoms with Crippen molar-refractivity contribution in [3.63, 3.8) is 0 Å². The molecule has 0 N–H and O–H groups in total. The average molecular weight is 502 g/mol. The molecule has 0 bridgehead atoms. The maximum absolute atomic E-state index is 12.6. The minimum Gasteiger partial charge on any atom is -0.493 e. The van der Waals surface area contributed by atoms with Gasteiger partial charge >= 0.3 is 11.9 Å². The zero-order valence-corrected chi connectivity index (χ0v) is 19.1. The molecule has 0 aromatic heterocycles. The van der Waals surface area contributed by atoms with E-state index in [1.807, 2.05) is 0 Å². The predicted octanol–water partition coefficient (Wildman–Crippen LogP) is 3.00. The summed E-state index contributed by atoms with van der Waals surface area (Å²) in [7, 11) is 2.67. The Balaban J connectivity index is 2.23. The summed E-state index contributed by atoms with van der Waals surface area (Å²) in [4.78, 5) is 48.8. The molecule has 1 aliphatic rings. The van der Waals surface area contributed by atoms with Gasteiger partial charge in [-0.2, -0.15) is 0 Å². The van der Waals surface area contributed by atoms with Gasteiger partial charge in [0.1, 0.15) is 6.54 Å². The zero-order valence-electron chi connectivity index (χ0n) is 16.7. The molecule has 2 rings (SSSR count). The number of thioether (sulfide) groups is 1. The predicted molar refractivity (Wildman–Crippen MR) is 112 cm³/mol. The molecule has 1 fully saturated rings. The van der Waals surface area contributed by atoms with Crippen LogP contribution in [-0.4, -0.2) is 61.5 Å². The SMILES string of the molecule is COC(=O)COc1cc(Br)c(/C=C2/SC(=O)N(CC(=O)OC(C)C)C2=O)cc1OC. The second kappa shape index (κ2) is 10.5. The first kappa shape index (κ1) is 23.7. The van der Waals surface area contributed by atoms with Crippen LogP contribution in [0, 0.1) is 0 Å². The standard InChI is InChI=1S/C19H20BrNO8S/c1-10(2)29-16(22)8-21-18(24)15(30-19(21)25)6-11-5-13(26-3)14(7-12(11)20)28-9-17(23)27-4/h5-7,10H,8-9H2,1-4H3/b15-6+. The highest BCUT2D eigenvalue weighted by Crippen LogP contribution is 2.38. The highest BCUT2D eigenvalue weighted by Gasteiger charge is 2.37. The number of nitrogens with zero attached hydrogens (tertiary/aromatic N) is 1. The maximum atomic E-state index is 12.6. The summed E-state index contributed by atoms with van der Waals surface area (Å²) in [6.45, 7) is 2.60. The van der Waals surface area contributed by atoms with E-state index in [4.69, 9.17) is 14.2 Å². The number of rotatable bonds is 8. The van der Waals surface area contributed by atoms with E-state index in [9.17, 15) is 19.2 Å². The molecule has 0 spiro atoms. The van der Waals surface area contributed by atoms with Crippen molar-refractivity contribution in [2.24, 2.45) is 0 Å². The molecule has 1 aromatic carbocycles. The molecule has 0 unspecified atom stereocenters. The summed E-state index contributed by atoms with van der Waals surface area (Å²) >= 11 is 4.09. The second-order valence-electron chi connectivity index (χ2n) is 6.20. The van der Waals surface area contributed by atoms with E-state index in [-0.39, 0.29) is 23.4 Å². The van der Waals surface area contributed by atoms with Crippen molar-refractivity contribution < 1.29 is 38.1 Å². The summed E-state index contributed by atoms with van der Waals surface area (Å²) in [5, 5.41) is -0.562. The fraction of sp³-hybridized carbons (Fsp3) is 0.368. The van der Waals surface area contributed by atoms with Crippen LogP contribution < -0.4 is 9.47 Å². The number of carbonyl (C=O) groups is 4. The van der Waals surface area contributed by atoms with Crippen LogP contribution in [0.3, 0.4) is 0 Å². The number of hydrogen-bond acceptors (Lipinski definition) is 9. The molecule has 1 saturated heterocycles. The maximum Gasteiger partial charge on any atom is 0.343 e. The van der Waals surface area contributed by atoms with Crippen LogP contribution in [0.2, 0.25) is 0 Å². The van der Waals surface area contributed by atoms with Gasteiger partial charge in [-0.25, -0.2) is 4.79 Å². The molecule has 0 radical (unpaired) electrons. The van der Waals surface area contributed by atoms with Crippen molar-refractivity contribution in [2.45, 2.75) is 20.0 Å². The van der Waals surface area contributed by atoms with Gasteiger partial charge in [0.15, 0.2) is 18.1 Å². The smallest absolute Gasteiger partial charge is 0.343 e. The van der Waals surface area contributed by atoms with Crippen LogP contribution in [0.25, 0.3) is 6.08 Å². The van der Waals surface area contributed by atoms with E-state index in [1.54, 1.807) is 26.0 Å². The van der Waals surface area contributed by atoms with Gasteiger partial charge in [-0.3, -0.25) is 19.3 Å². The summed E-state index contributed by atoms with van der Waals surface area (Å²) in [5.74, 6) is -1.21. The number of carbonyl (C=O) groups excluding carboxylic acids is 4. The molecular weight excluding hydrogens is 482 g/mol. The third-order valence-corrected chi connectivity index (χ3v) is 5.26. The highest BCUT2D eigenvalue weighted by atomic mass is 79.9. The Labute approximate surface area is 185 Å². The molecule has 11 heteroatoms. The molecule has 1 heterocycles. The lowest BCUT2D eigenvalue weighted by molar-refractivity contribution is -0.149. The average Bonchev–Trinajstić information content (AvgIpc) is 2.94. The molecule has 1 aliphatic heterocycles. The fourth-order valence-electron chi connectivity index (χ4n) is 2.34. The largest absolute Gasteiger partial charge is 0.493 e. The lowest BCUT2D eigenvalue weighted by Crippen LogP contribution is -2.35. The van der Waals surface area contributed by atoms with Gasteiger partial charge in [0.05, 0.1) is 25.2 Å². The lowest BCUT2D eigenvalue weighted by atomic mass is 10.2.